The van der Waals surface area contributed by atoms with Gasteiger partial charge in [0.15, 0.2) is 6.39 Å². The number of hydrogen-bond donors (Lipinski definition) is 0. The summed E-state index contributed by atoms with van der Waals surface area (Å²) in [7, 11) is 0. The Labute approximate surface area is 81.6 Å². The molecule has 5 heteroatoms. The van der Waals surface area contributed by atoms with Gasteiger partial charge in [0.05, 0.1) is 18.2 Å². The van der Waals surface area contributed by atoms with E-state index in [4.69, 9.17) is 9.25 Å². The minimum atomic E-state index is -0.431. The summed E-state index contributed by atoms with van der Waals surface area (Å²) in [6.07, 6.45) is 2.91. The van der Waals surface area contributed by atoms with E-state index < -0.39 is 5.41 Å². The number of aromatic nitrogens is 1. The van der Waals surface area contributed by atoms with Crippen LogP contribution in [0.1, 0.15) is 19.6 Å². The molecule has 5 nitrogen and oxygen atoms in total. The zero-order chi connectivity index (χ0) is 10.2. The quantitative estimate of drug-likeness (QED) is 0.707. The fourth-order valence-corrected chi connectivity index (χ4v) is 1.28. The number of hydrogen-bond acceptors (Lipinski definition) is 4. The molecule has 0 radical (unpaired) electrons. The molecule has 0 N–H and O–H groups in total. The fourth-order valence-electron chi connectivity index (χ4n) is 1.28. The summed E-state index contributed by atoms with van der Waals surface area (Å²) >= 11 is 0. The first-order valence-electron chi connectivity index (χ1n) is 4.42. The first-order chi connectivity index (χ1) is 6.59. The van der Waals surface area contributed by atoms with Crippen molar-refractivity contribution in [1.29, 1.82) is 0 Å². The van der Waals surface area contributed by atoms with Gasteiger partial charge in [-0.25, -0.2) is 10.0 Å². The van der Waals surface area contributed by atoms with E-state index in [1.54, 1.807) is 6.20 Å². The molecule has 1 aromatic rings. The SMILES string of the molecule is CC1(C)CON(Cc2cnco2)C1=O. The average Bonchev–Trinajstić information content (AvgIpc) is 2.70. The molecular weight excluding hydrogens is 184 g/mol. The maximum absolute atomic E-state index is 11.7. The molecule has 0 atom stereocenters. The van der Waals surface area contributed by atoms with Crippen molar-refractivity contribution in [3.63, 3.8) is 0 Å². The zero-order valence-corrected chi connectivity index (χ0v) is 8.19. The first-order valence-corrected chi connectivity index (χ1v) is 4.42. The van der Waals surface area contributed by atoms with Crippen LogP contribution in [0, 0.1) is 5.41 Å². The summed E-state index contributed by atoms with van der Waals surface area (Å²) in [6, 6.07) is 0. The Kier molecular flexibility index (Phi) is 2.03. The van der Waals surface area contributed by atoms with Gasteiger partial charge in [0.2, 0.25) is 0 Å². The van der Waals surface area contributed by atoms with Crippen molar-refractivity contribution in [1.82, 2.24) is 10.0 Å². The molecule has 0 saturated carbocycles. The number of nitrogens with zero attached hydrogens (tertiary/aromatic N) is 2. The van der Waals surface area contributed by atoms with Gasteiger partial charge < -0.3 is 4.42 Å². The monoisotopic (exact) mass is 196 g/mol. The van der Waals surface area contributed by atoms with Gasteiger partial charge in [0, 0.05) is 0 Å². The van der Waals surface area contributed by atoms with Crippen LogP contribution in [0.5, 0.6) is 0 Å². The third-order valence-corrected chi connectivity index (χ3v) is 2.17. The summed E-state index contributed by atoms with van der Waals surface area (Å²) in [5.41, 5.74) is -0.431. The molecule has 1 aromatic heterocycles. The van der Waals surface area contributed by atoms with E-state index >= 15 is 0 Å². The lowest BCUT2D eigenvalue weighted by Crippen LogP contribution is -2.30. The summed E-state index contributed by atoms with van der Waals surface area (Å²) < 4.78 is 5.03. The molecule has 1 fully saturated rings. The molecule has 1 saturated heterocycles. The van der Waals surface area contributed by atoms with Crippen molar-refractivity contribution in [3.05, 3.63) is 18.4 Å². The van der Waals surface area contributed by atoms with Gasteiger partial charge >= 0.3 is 0 Å². The van der Waals surface area contributed by atoms with Crippen molar-refractivity contribution in [2.24, 2.45) is 5.41 Å². The van der Waals surface area contributed by atoms with Crippen molar-refractivity contribution in [2.45, 2.75) is 20.4 Å². The predicted molar refractivity (Wildman–Crippen MR) is 46.8 cm³/mol. The largest absolute Gasteiger partial charge is 0.447 e. The highest BCUT2D eigenvalue weighted by Gasteiger charge is 2.40. The number of carbonyl (C=O) groups excluding carboxylic acids is 1. The molecule has 2 heterocycles. The topological polar surface area (TPSA) is 55.6 Å². The van der Waals surface area contributed by atoms with E-state index in [0.29, 0.717) is 18.9 Å². The second kappa shape index (κ2) is 3.09. The van der Waals surface area contributed by atoms with Crippen molar-refractivity contribution in [2.75, 3.05) is 6.61 Å². The summed E-state index contributed by atoms with van der Waals surface area (Å²) in [6.45, 7) is 4.45. The molecule has 0 bridgehead atoms. The second-order valence-electron chi connectivity index (χ2n) is 3.97. The molecule has 1 aliphatic rings. The van der Waals surface area contributed by atoms with Gasteiger partial charge in [0.25, 0.3) is 5.91 Å². The van der Waals surface area contributed by atoms with Gasteiger partial charge in [-0.3, -0.25) is 9.63 Å². The number of hydroxylamine groups is 2. The maximum Gasteiger partial charge on any atom is 0.254 e. The van der Waals surface area contributed by atoms with Crippen LogP contribution in [0.2, 0.25) is 0 Å². The van der Waals surface area contributed by atoms with Crippen LogP contribution in [-0.2, 0) is 16.2 Å². The highest BCUT2D eigenvalue weighted by atomic mass is 16.7. The minimum absolute atomic E-state index is 0.0195. The molecule has 0 spiro atoms. The lowest BCUT2D eigenvalue weighted by molar-refractivity contribution is -0.166. The van der Waals surface area contributed by atoms with Gasteiger partial charge in [-0.2, -0.15) is 0 Å². The molecule has 76 valence electrons. The Hall–Kier alpha value is -1.36. The van der Waals surface area contributed by atoms with Crippen LogP contribution in [0.3, 0.4) is 0 Å². The summed E-state index contributed by atoms with van der Waals surface area (Å²) in [5, 5.41) is 1.32. The Balaban J connectivity index is 2.05. The zero-order valence-electron chi connectivity index (χ0n) is 8.19. The van der Waals surface area contributed by atoms with Gasteiger partial charge in [-0.15, -0.1) is 0 Å². The smallest absolute Gasteiger partial charge is 0.254 e. The van der Waals surface area contributed by atoms with Crippen LogP contribution in [0.15, 0.2) is 17.0 Å². The van der Waals surface area contributed by atoms with Crippen LogP contribution in [-0.4, -0.2) is 22.6 Å². The van der Waals surface area contributed by atoms with Crippen LogP contribution < -0.4 is 0 Å². The Morgan fingerprint density at radius 1 is 1.64 bits per heavy atom. The normalized spacial score (nSPS) is 20.4. The molecular formula is C9H12N2O3. The molecule has 0 aromatic carbocycles. The Morgan fingerprint density at radius 2 is 2.43 bits per heavy atom. The van der Waals surface area contributed by atoms with Gasteiger partial charge in [-0.1, -0.05) is 0 Å². The summed E-state index contributed by atoms with van der Waals surface area (Å²) in [4.78, 5) is 20.7. The Bertz CT molecular complexity index is 332. The highest BCUT2D eigenvalue weighted by molar-refractivity contribution is 5.82. The van der Waals surface area contributed by atoms with E-state index in [1.807, 2.05) is 13.8 Å². The maximum atomic E-state index is 11.7. The van der Waals surface area contributed by atoms with Crippen LogP contribution in [0.25, 0.3) is 0 Å². The second-order valence-corrected chi connectivity index (χ2v) is 3.97. The predicted octanol–water partition coefficient (Wildman–Crippen LogP) is 0.975. The third kappa shape index (κ3) is 1.50. The third-order valence-electron chi connectivity index (χ3n) is 2.17. The lowest BCUT2D eigenvalue weighted by atomic mass is 9.95. The van der Waals surface area contributed by atoms with E-state index in [1.165, 1.54) is 11.5 Å². The molecule has 1 aliphatic heterocycles. The summed E-state index contributed by atoms with van der Waals surface area (Å²) in [5.74, 6) is 0.602. The highest BCUT2D eigenvalue weighted by Crippen LogP contribution is 2.27. The van der Waals surface area contributed by atoms with E-state index in [-0.39, 0.29) is 5.91 Å². The van der Waals surface area contributed by atoms with E-state index in [0.717, 1.165) is 0 Å². The number of amides is 1. The van der Waals surface area contributed by atoms with E-state index in [9.17, 15) is 4.79 Å². The van der Waals surface area contributed by atoms with Gasteiger partial charge in [0.1, 0.15) is 12.3 Å². The number of rotatable bonds is 2. The van der Waals surface area contributed by atoms with E-state index in [2.05, 4.69) is 4.98 Å². The first kappa shape index (κ1) is 9.21. The number of carbonyl (C=O) groups is 1. The van der Waals surface area contributed by atoms with Crippen molar-refractivity contribution >= 4 is 5.91 Å². The molecule has 0 aliphatic carbocycles. The van der Waals surface area contributed by atoms with Crippen LogP contribution >= 0.6 is 0 Å². The van der Waals surface area contributed by atoms with Crippen molar-refractivity contribution < 1.29 is 14.0 Å². The Morgan fingerprint density at radius 3 is 2.93 bits per heavy atom. The van der Waals surface area contributed by atoms with Gasteiger partial charge in [-0.05, 0) is 13.8 Å². The van der Waals surface area contributed by atoms with Crippen LogP contribution in [0.4, 0.5) is 0 Å². The molecule has 0 unspecified atom stereocenters. The fraction of sp³-hybridized carbons (Fsp3) is 0.556. The average molecular weight is 196 g/mol. The molecule has 14 heavy (non-hydrogen) atoms. The standard InChI is InChI=1S/C9H12N2O3/c1-9(2)5-14-11(8(9)12)4-7-3-10-6-13-7/h3,6H,4-5H2,1-2H3. The lowest BCUT2D eigenvalue weighted by Gasteiger charge is -2.14. The number of oxazole rings is 1. The minimum Gasteiger partial charge on any atom is -0.447 e. The molecule has 2 rings (SSSR count). The molecule has 1 amide bonds. The van der Waals surface area contributed by atoms with Crippen molar-refractivity contribution in [3.8, 4) is 0 Å².